The van der Waals surface area contributed by atoms with Crippen LogP contribution in [0, 0.1) is 5.82 Å². The number of nitrogens with one attached hydrogen (secondary N) is 1. The molecule has 0 aromatic heterocycles. The fraction of sp³-hybridized carbons (Fsp3) is 0.273. The monoisotopic (exact) mass is 179 g/mol. The molecular weight excluding hydrogens is 165 g/mol. The minimum atomic E-state index is -0.195. The van der Waals surface area contributed by atoms with Gasteiger partial charge < -0.3 is 5.32 Å². The lowest BCUT2D eigenvalue weighted by Crippen LogP contribution is -2.17. The molecule has 0 spiro atoms. The Bertz CT molecular complexity index is 294. The van der Waals surface area contributed by atoms with Gasteiger partial charge in [-0.05, 0) is 31.7 Å². The van der Waals surface area contributed by atoms with Gasteiger partial charge in [-0.1, -0.05) is 24.3 Å². The summed E-state index contributed by atoms with van der Waals surface area (Å²) in [6, 6.07) is 6.85. The van der Waals surface area contributed by atoms with Gasteiger partial charge in [-0.15, -0.1) is 0 Å². The van der Waals surface area contributed by atoms with Crippen molar-refractivity contribution in [1.29, 1.82) is 0 Å². The van der Waals surface area contributed by atoms with Gasteiger partial charge in [0.2, 0.25) is 0 Å². The van der Waals surface area contributed by atoms with Crippen LogP contribution in [-0.4, -0.2) is 13.1 Å². The van der Waals surface area contributed by atoms with Crippen LogP contribution in [0.25, 0.3) is 6.08 Å². The van der Waals surface area contributed by atoms with E-state index in [1.54, 1.807) is 6.07 Å². The molecule has 1 aromatic carbocycles. The second-order valence-corrected chi connectivity index (χ2v) is 2.99. The summed E-state index contributed by atoms with van der Waals surface area (Å²) in [6.45, 7) is 2.04. The average Bonchev–Trinajstić information content (AvgIpc) is 2.14. The van der Waals surface area contributed by atoms with Crippen molar-refractivity contribution in [2.45, 2.75) is 13.0 Å². The van der Waals surface area contributed by atoms with Crippen LogP contribution in [0.5, 0.6) is 0 Å². The summed E-state index contributed by atoms with van der Waals surface area (Å²) in [4.78, 5) is 0. The van der Waals surface area contributed by atoms with Crippen molar-refractivity contribution in [1.82, 2.24) is 5.32 Å². The minimum absolute atomic E-state index is 0.195. The Balaban J connectivity index is 2.68. The summed E-state index contributed by atoms with van der Waals surface area (Å²) in [5, 5.41) is 3.07. The van der Waals surface area contributed by atoms with Crippen LogP contribution in [0.2, 0.25) is 0 Å². The summed E-state index contributed by atoms with van der Waals surface area (Å²) < 4.78 is 12.7. The highest BCUT2D eigenvalue weighted by Crippen LogP contribution is 2.05. The molecule has 0 radical (unpaired) electrons. The molecule has 2 heteroatoms. The summed E-state index contributed by atoms with van der Waals surface area (Å²) in [7, 11) is 1.89. The smallest absolute Gasteiger partial charge is 0.123 e. The second-order valence-electron chi connectivity index (χ2n) is 2.99. The molecule has 13 heavy (non-hydrogen) atoms. The number of hydrogen-bond donors (Lipinski definition) is 1. The van der Waals surface area contributed by atoms with Crippen LogP contribution in [-0.2, 0) is 0 Å². The van der Waals surface area contributed by atoms with Gasteiger partial charge in [0.15, 0.2) is 0 Å². The van der Waals surface area contributed by atoms with Gasteiger partial charge in [0.05, 0.1) is 0 Å². The first-order valence-corrected chi connectivity index (χ1v) is 4.33. The van der Waals surface area contributed by atoms with Crippen LogP contribution in [0.1, 0.15) is 12.5 Å². The number of halogens is 1. The van der Waals surface area contributed by atoms with E-state index in [1.165, 1.54) is 12.1 Å². The molecule has 1 atom stereocenters. The molecule has 70 valence electrons. The fourth-order valence-corrected chi connectivity index (χ4v) is 0.962. The molecule has 1 rings (SSSR count). The SMILES string of the molecule is CN[C@@H](C)/C=C/c1cccc(F)c1. The molecule has 0 heterocycles. The van der Waals surface area contributed by atoms with E-state index in [9.17, 15) is 4.39 Å². The molecule has 1 N–H and O–H groups in total. The van der Waals surface area contributed by atoms with Gasteiger partial charge in [-0.3, -0.25) is 0 Å². The van der Waals surface area contributed by atoms with E-state index in [0.29, 0.717) is 6.04 Å². The van der Waals surface area contributed by atoms with Crippen molar-refractivity contribution < 1.29 is 4.39 Å². The average molecular weight is 179 g/mol. The first-order valence-electron chi connectivity index (χ1n) is 4.33. The molecule has 0 saturated carbocycles. The third kappa shape index (κ3) is 3.38. The highest BCUT2D eigenvalue weighted by atomic mass is 19.1. The maximum absolute atomic E-state index is 12.7. The quantitative estimate of drug-likeness (QED) is 0.751. The number of benzene rings is 1. The highest BCUT2D eigenvalue weighted by molar-refractivity contribution is 5.49. The van der Waals surface area contributed by atoms with E-state index in [2.05, 4.69) is 5.32 Å². The zero-order valence-corrected chi connectivity index (χ0v) is 7.92. The predicted octanol–water partition coefficient (Wildman–Crippen LogP) is 2.45. The molecule has 0 aliphatic rings. The van der Waals surface area contributed by atoms with Crippen LogP contribution < -0.4 is 5.32 Å². The van der Waals surface area contributed by atoms with Crippen molar-refractivity contribution >= 4 is 6.08 Å². The topological polar surface area (TPSA) is 12.0 Å². The molecule has 0 fully saturated rings. The van der Waals surface area contributed by atoms with E-state index < -0.39 is 0 Å². The lowest BCUT2D eigenvalue weighted by atomic mass is 10.2. The lowest BCUT2D eigenvalue weighted by Gasteiger charge is -2.01. The molecule has 0 amide bonds. The third-order valence-corrected chi connectivity index (χ3v) is 1.88. The van der Waals surface area contributed by atoms with Crippen LogP contribution >= 0.6 is 0 Å². The van der Waals surface area contributed by atoms with E-state index in [0.717, 1.165) is 5.56 Å². The van der Waals surface area contributed by atoms with Gasteiger partial charge in [0.1, 0.15) is 5.82 Å². The van der Waals surface area contributed by atoms with Crippen molar-refractivity contribution in [3.63, 3.8) is 0 Å². The normalized spacial score (nSPS) is 13.5. The molecule has 0 bridgehead atoms. The molecule has 1 aromatic rings. The number of hydrogen-bond acceptors (Lipinski definition) is 1. The summed E-state index contributed by atoms with van der Waals surface area (Å²) in [5.41, 5.74) is 0.891. The van der Waals surface area contributed by atoms with Crippen molar-refractivity contribution in [2.75, 3.05) is 7.05 Å². The fourth-order valence-electron chi connectivity index (χ4n) is 0.962. The zero-order chi connectivity index (χ0) is 9.68. The Morgan fingerprint density at radius 1 is 1.46 bits per heavy atom. The van der Waals surface area contributed by atoms with Gasteiger partial charge in [-0.2, -0.15) is 0 Å². The summed E-state index contributed by atoms with van der Waals surface area (Å²) >= 11 is 0. The molecule has 0 aliphatic carbocycles. The van der Waals surface area contributed by atoms with E-state index in [1.807, 2.05) is 32.2 Å². The highest BCUT2D eigenvalue weighted by Gasteiger charge is 1.92. The van der Waals surface area contributed by atoms with Crippen molar-refractivity contribution in [3.8, 4) is 0 Å². The van der Waals surface area contributed by atoms with E-state index >= 15 is 0 Å². The lowest BCUT2D eigenvalue weighted by molar-refractivity contribution is 0.627. The maximum Gasteiger partial charge on any atom is 0.123 e. The van der Waals surface area contributed by atoms with E-state index in [4.69, 9.17) is 0 Å². The van der Waals surface area contributed by atoms with Gasteiger partial charge in [-0.25, -0.2) is 4.39 Å². The minimum Gasteiger partial charge on any atom is -0.314 e. The van der Waals surface area contributed by atoms with Crippen molar-refractivity contribution in [3.05, 3.63) is 41.7 Å². The molecular formula is C11H14FN. The molecule has 1 nitrogen and oxygen atoms in total. The molecule has 0 saturated heterocycles. The Labute approximate surface area is 78.3 Å². The maximum atomic E-state index is 12.7. The Kier molecular flexibility index (Phi) is 3.65. The number of likely N-dealkylation sites (N-methyl/N-ethyl adjacent to an activating group) is 1. The van der Waals surface area contributed by atoms with Gasteiger partial charge in [0, 0.05) is 6.04 Å². The van der Waals surface area contributed by atoms with E-state index in [-0.39, 0.29) is 5.82 Å². The summed E-state index contributed by atoms with van der Waals surface area (Å²) in [6.07, 6.45) is 3.90. The van der Waals surface area contributed by atoms with Crippen LogP contribution in [0.3, 0.4) is 0 Å². The molecule has 0 aliphatic heterocycles. The van der Waals surface area contributed by atoms with Gasteiger partial charge in [0.25, 0.3) is 0 Å². The first-order chi connectivity index (χ1) is 6.22. The number of rotatable bonds is 3. The zero-order valence-electron chi connectivity index (χ0n) is 7.92. The van der Waals surface area contributed by atoms with Crippen molar-refractivity contribution in [2.24, 2.45) is 0 Å². The van der Waals surface area contributed by atoms with Gasteiger partial charge >= 0.3 is 0 Å². The third-order valence-electron chi connectivity index (χ3n) is 1.88. The standard InChI is InChI=1S/C11H14FN/c1-9(13-2)6-7-10-4-3-5-11(12)8-10/h3-9,13H,1-2H3/b7-6+/t9-/m0/s1. The largest absolute Gasteiger partial charge is 0.314 e. The Hall–Kier alpha value is -1.15. The second kappa shape index (κ2) is 4.77. The Morgan fingerprint density at radius 2 is 2.23 bits per heavy atom. The summed E-state index contributed by atoms with van der Waals surface area (Å²) in [5.74, 6) is -0.195. The predicted molar refractivity (Wildman–Crippen MR) is 54.0 cm³/mol. The van der Waals surface area contributed by atoms with Crippen LogP contribution in [0.15, 0.2) is 30.3 Å². The molecule has 0 unspecified atom stereocenters. The van der Waals surface area contributed by atoms with Crippen LogP contribution in [0.4, 0.5) is 4.39 Å². The first kappa shape index (κ1) is 9.93. The Morgan fingerprint density at radius 3 is 2.85 bits per heavy atom.